The summed E-state index contributed by atoms with van der Waals surface area (Å²) in [6, 6.07) is 4.40. The van der Waals surface area contributed by atoms with E-state index in [9.17, 15) is 19.4 Å². The van der Waals surface area contributed by atoms with Crippen molar-refractivity contribution in [1.82, 2.24) is 5.32 Å². The number of hydrogen-bond acceptors (Lipinski definition) is 3. The molecule has 3 N–H and O–H groups in total. The first-order valence-electron chi connectivity index (χ1n) is 6.05. The molecule has 6 heteroatoms. The van der Waals surface area contributed by atoms with E-state index in [2.05, 4.69) is 5.32 Å². The zero-order valence-electron chi connectivity index (χ0n) is 10.1. The zero-order valence-corrected chi connectivity index (χ0v) is 10.9. The van der Waals surface area contributed by atoms with Crippen LogP contribution in [-0.2, 0) is 11.3 Å². The monoisotopic (exact) mass is 287 g/mol. The number of carbonyl (C=O) groups is 1. The number of hydrogen-bond donors (Lipinski definition) is 3. The van der Waals surface area contributed by atoms with Crippen LogP contribution in [0.5, 0.6) is 0 Å². The van der Waals surface area contributed by atoms with Crippen LogP contribution >= 0.6 is 11.6 Å². The normalized spacial score (nSPS) is 26.4. The van der Waals surface area contributed by atoms with Crippen molar-refractivity contribution in [2.75, 3.05) is 0 Å². The van der Waals surface area contributed by atoms with Crippen LogP contribution in [0.25, 0.3) is 0 Å². The molecule has 0 radical (unpaired) electrons. The SMILES string of the molecule is O=C(NCc1cccc(F)c1Cl)C1C[C@@H](O)[C@@H](O)C1. The molecule has 0 aromatic heterocycles. The minimum Gasteiger partial charge on any atom is -0.390 e. The molecule has 1 amide bonds. The Morgan fingerprint density at radius 1 is 1.37 bits per heavy atom. The third-order valence-corrected chi connectivity index (χ3v) is 3.77. The van der Waals surface area contributed by atoms with Gasteiger partial charge >= 0.3 is 0 Å². The number of halogens is 2. The van der Waals surface area contributed by atoms with Gasteiger partial charge in [-0.05, 0) is 24.5 Å². The summed E-state index contributed by atoms with van der Waals surface area (Å²) in [5, 5.41) is 21.4. The van der Waals surface area contributed by atoms with Gasteiger partial charge in [0.2, 0.25) is 5.91 Å². The molecular formula is C13H15ClFNO3. The second kappa shape index (κ2) is 5.86. The molecule has 1 aliphatic carbocycles. The largest absolute Gasteiger partial charge is 0.390 e. The second-order valence-electron chi connectivity index (χ2n) is 4.73. The predicted molar refractivity (Wildman–Crippen MR) is 68.0 cm³/mol. The topological polar surface area (TPSA) is 69.6 Å². The Morgan fingerprint density at radius 2 is 2.00 bits per heavy atom. The molecule has 19 heavy (non-hydrogen) atoms. The highest BCUT2D eigenvalue weighted by atomic mass is 35.5. The van der Waals surface area contributed by atoms with Crippen LogP contribution in [0, 0.1) is 11.7 Å². The number of aliphatic hydroxyl groups is 2. The fourth-order valence-electron chi connectivity index (χ4n) is 2.22. The molecule has 1 unspecified atom stereocenters. The van der Waals surface area contributed by atoms with Crippen LogP contribution in [0.3, 0.4) is 0 Å². The van der Waals surface area contributed by atoms with Gasteiger partial charge in [0.05, 0.1) is 17.2 Å². The second-order valence-corrected chi connectivity index (χ2v) is 5.11. The molecule has 104 valence electrons. The van der Waals surface area contributed by atoms with Gasteiger partial charge in [-0.3, -0.25) is 4.79 Å². The summed E-state index contributed by atoms with van der Waals surface area (Å²) < 4.78 is 13.2. The molecule has 4 nitrogen and oxygen atoms in total. The lowest BCUT2D eigenvalue weighted by Gasteiger charge is -2.11. The average molecular weight is 288 g/mol. The molecule has 3 atom stereocenters. The van der Waals surface area contributed by atoms with Gasteiger partial charge in [-0.15, -0.1) is 0 Å². The van der Waals surface area contributed by atoms with Crippen molar-refractivity contribution in [1.29, 1.82) is 0 Å². The molecule has 0 bridgehead atoms. The van der Waals surface area contributed by atoms with E-state index in [1.807, 2.05) is 0 Å². The Bertz CT molecular complexity index is 473. The van der Waals surface area contributed by atoms with Gasteiger partial charge in [0.15, 0.2) is 0 Å². The van der Waals surface area contributed by atoms with Crippen molar-refractivity contribution in [3.05, 3.63) is 34.6 Å². The van der Waals surface area contributed by atoms with E-state index in [0.29, 0.717) is 5.56 Å². The van der Waals surface area contributed by atoms with Crippen LogP contribution in [0.15, 0.2) is 18.2 Å². The summed E-state index contributed by atoms with van der Waals surface area (Å²) in [6.45, 7) is 0.123. The molecule has 0 heterocycles. The molecule has 1 fully saturated rings. The molecule has 1 aromatic rings. The maximum Gasteiger partial charge on any atom is 0.223 e. The van der Waals surface area contributed by atoms with Gasteiger partial charge in [-0.1, -0.05) is 23.7 Å². The van der Waals surface area contributed by atoms with Crippen molar-refractivity contribution in [2.45, 2.75) is 31.6 Å². The standard InChI is InChI=1S/C13H15ClFNO3/c14-12-7(2-1-3-9(12)15)6-16-13(19)8-4-10(17)11(18)5-8/h1-3,8,10-11,17-18H,4-6H2,(H,16,19)/t8?,10-,11+. The van der Waals surface area contributed by atoms with E-state index in [1.165, 1.54) is 12.1 Å². The molecule has 0 spiro atoms. The van der Waals surface area contributed by atoms with E-state index in [4.69, 9.17) is 11.6 Å². The maximum atomic E-state index is 13.2. The van der Waals surface area contributed by atoms with E-state index in [1.54, 1.807) is 6.07 Å². The molecule has 0 aliphatic heterocycles. The summed E-state index contributed by atoms with van der Waals surface area (Å²) in [5.41, 5.74) is 0.495. The summed E-state index contributed by atoms with van der Waals surface area (Å²) in [5.74, 6) is -1.21. The number of aliphatic hydroxyl groups excluding tert-OH is 2. The first kappa shape index (κ1) is 14.2. The predicted octanol–water partition coefficient (Wildman–Crippen LogP) is 1.23. The van der Waals surface area contributed by atoms with Crippen LogP contribution in [0.2, 0.25) is 5.02 Å². The highest BCUT2D eigenvalue weighted by molar-refractivity contribution is 6.31. The molecular weight excluding hydrogens is 273 g/mol. The third-order valence-electron chi connectivity index (χ3n) is 3.35. The number of amides is 1. The molecule has 0 saturated heterocycles. The Kier molecular flexibility index (Phi) is 4.39. The Balaban J connectivity index is 1.92. The van der Waals surface area contributed by atoms with Gasteiger partial charge in [0, 0.05) is 12.5 Å². The van der Waals surface area contributed by atoms with Crippen LogP contribution in [0.1, 0.15) is 18.4 Å². The van der Waals surface area contributed by atoms with Crippen LogP contribution < -0.4 is 5.32 Å². The van der Waals surface area contributed by atoms with Gasteiger partial charge in [0.25, 0.3) is 0 Å². The van der Waals surface area contributed by atoms with Gasteiger partial charge in [-0.25, -0.2) is 4.39 Å². The van der Waals surface area contributed by atoms with E-state index < -0.39 is 23.9 Å². The smallest absolute Gasteiger partial charge is 0.223 e. The minimum absolute atomic E-state index is 0.00529. The summed E-state index contributed by atoms with van der Waals surface area (Å²) in [7, 11) is 0. The lowest BCUT2D eigenvalue weighted by Crippen LogP contribution is -2.29. The molecule has 1 aromatic carbocycles. The lowest BCUT2D eigenvalue weighted by atomic mass is 10.1. The summed E-state index contributed by atoms with van der Waals surface area (Å²) in [6.07, 6.45) is -1.23. The molecule has 1 saturated carbocycles. The molecule has 2 rings (SSSR count). The Hall–Kier alpha value is -1.17. The Morgan fingerprint density at radius 3 is 2.63 bits per heavy atom. The van der Waals surface area contributed by atoms with Crippen molar-refractivity contribution >= 4 is 17.5 Å². The third kappa shape index (κ3) is 3.23. The highest BCUT2D eigenvalue weighted by Gasteiger charge is 2.35. The number of rotatable bonds is 3. The van der Waals surface area contributed by atoms with E-state index in [0.717, 1.165) is 0 Å². The number of nitrogens with one attached hydrogen (secondary N) is 1. The van der Waals surface area contributed by atoms with Crippen molar-refractivity contribution in [2.24, 2.45) is 5.92 Å². The first-order valence-corrected chi connectivity index (χ1v) is 6.43. The van der Waals surface area contributed by atoms with Crippen LogP contribution in [0.4, 0.5) is 4.39 Å². The number of carbonyl (C=O) groups excluding carboxylic acids is 1. The first-order chi connectivity index (χ1) is 8.99. The fraction of sp³-hybridized carbons (Fsp3) is 0.462. The van der Waals surface area contributed by atoms with E-state index >= 15 is 0 Å². The van der Waals surface area contributed by atoms with Crippen molar-refractivity contribution < 1.29 is 19.4 Å². The quantitative estimate of drug-likeness (QED) is 0.783. The average Bonchev–Trinajstić information content (AvgIpc) is 2.71. The zero-order chi connectivity index (χ0) is 14.0. The number of benzene rings is 1. The van der Waals surface area contributed by atoms with Crippen molar-refractivity contribution in [3.63, 3.8) is 0 Å². The highest BCUT2D eigenvalue weighted by Crippen LogP contribution is 2.26. The van der Waals surface area contributed by atoms with Crippen LogP contribution in [-0.4, -0.2) is 28.3 Å². The summed E-state index contributed by atoms with van der Waals surface area (Å²) >= 11 is 5.78. The minimum atomic E-state index is -0.853. The molecule has 1 aliphatic rings. The van der Waals surface area contributed by atoms with Gasteiger partial charge in [0.1, 0.15) is 5.82 Å². The summed E-state index contributed by atoms with van der Waals surface area (Å²) in [4.78, 5) is 11.8. The van der Waals surface area contributed by atoms with Gasteiger partial charge < -0.3 is 15.5 Å². The van der Waals surface area contributed by atoms with Crippen molar-refractivity contribution in [3.8, 4) is 0 Å². The lowest BCUT2D eigenvalue weighted by molar-refractivity contribution is -0.125. The van der Waals surface area contributed by atoms with Gasteiger partial charge in [-0.2, -0.15) is 0 Å². The fourth-order valence-corrected chi connectivity index (χ4v) is 2.41. The Labute approximate surface area is 115 Å². The maximum absolute atomic E-state index is 13.2. The van der Waals surface area contributed by atoms with E-state index in [-0.39, 0.29) is 30.3 Å².